The minimum atomic E-state index is -3.55. The third-order valence-corrected chi connectivity index (χ3v) is 7.43. The highest BCUT2D eigenvalue weighted by Gasteiger charge is 2.32. The number of ether oxygens (including phenoxy) is 1. The van der Waals surface area contributed by atoms with E-state index in [1.54, 1.807) is 36.4 Å². The van der Waals surface area contributed by atoms with E-state index >= 15 is 0 Å². The maximum atomic E-state index is 13.2. The van der Waals surface area contributed by atoms with E-state index in [-0.39, 0.29) is 18.9 Å². The van der Waals surface area contributed by atoms with Gasteiger partial charge >= 0.3 is 0 Å². The molecule has 2 aromatic carbocycles. The van der Waals surface area contributed by atoms with Gasteiger partial charge in [-0.1, -0.05) is 31.0 Å². The van der Waals surface area contributed by atoms with Crippen LogP contribution in [0.4, 0.5) is 11.4 Å². The van der Waals surface area contributed by atoms with E-state index in [9.17, 15) is 18.0 Å². The topological polar surface area (TPSA) is 96.0 Å². The molecule has 0 saturated carbocycles. The van der Waals surface area contributed by atoms with Crippen molar-refractivity contribution in [3.8, 4) is 5.75 Å². The van der Waals surface area contributed by atoms with Gasteiger partial charge in [-0.15, -0.1) is 0 Å². The Morgan fingerprint density at radius 2 is 1.71 bits per heavy atom. The van der Waals surface area contributed by atoms with Crippen LogP contribution in [0.15, 0.2) is 42.5 Å². The Kier molecular flexibility index (Phi) is 7.11. The number of hydrogen-bond acceptors (Lipinski definition) is 5. The molecule has 4 rings (SSSR count). The lowest BCUT2D eigenvalue weighted by Gasteiger charge is -2.22. The molecule has 9 heteroatoms. The molecular weight excluding hydrogens is 454 g/mol. The number of aryl methyl sites for hydroxylation is 1. The molecule has 0 bridgehead atoms. The van der Waals surface area contributed by atoms with Gasteiger partial charge in [0.2, 0.25) is 10.0 Å². The van der Waals surface area contributed by atoms with Gasteiger partial charge in [-0.3, -0.25) is 13.9 Å². The van der Waals surface area contributed by atoms with Gasteiger partial charge in [0.1, 0.15) is 5.75 Å². The number of fused-ring (bicyclic) bond motifs is 1. The van der Waals surface area contributed by atoms with Gasteiger partial charge in [0.05, 0.1) is 23.2 Å². The fraction of sp³-hybridized carbons (Fsp3) is 0.440. The lowest BCUT2D eigenvalue weighted by molar-refractivity contribution is -0.122. The van der Waals surface area contributed by atoms with Crippen molar-refractivity contribution in [2.24, 2.45) is 0 Å². The molecule has 0 unspecified atom stereocenters. The molecule has 1 atom stereocenters. The molecule has 2 aliphatic heterocycles. The van der Waals surface area contributed by atoms with Crippen molar-refractivity contribution >= 4 is 33.2 Å². The Bertz CT molecular complexity index is 1170. The molecule has 1 N–H and O–H groups in total. The number of carbonyl (C=O) groups excluding carboxylic acids is 2. The lowest BCUT2D eigenvalue weighted by Crippen LogP contribution is -2.37. The average Bonchev–Trinajstić information content (AvgIpc) is 3.18. The highest BCUT2D eigenvalue weighted by atomic mass is 32.2. The number of anilines is 2. The van der Waals surface area contributed by atoms with Crippen LogP contribution in [0.1, 0.15) is 48.0 Å². The monoisotopic (exact) mass is 485 g/mol. The number of amides is 2. The van der Waals surface area contributed by atoms with E-state index in [2.05, 4.69) is 5.32 Å². The molecule has 2 heterocycles. The highest BCUT2D eigenvalue weighted by Crippen LogP contribution is 2.35. The Labute approximate surface area is 200 Å². The lowest BCUT2D eigenvalue weighted by atomic mass is 10.1. The number of likely N-dealkylation sites (tertiary alicyclic amines) is 1. The fourth-order valence-electron chi connectivity index (χ4n) is 4.45. The normalized spacial score (nSPS) is 18.8. The van der Waals surface area contributed by atoms with Crippen LogP contribution >= 0.6 is 0 Å². The van der Waals surface area contributed by atoms with Crippen LogP contribution < -0.4 is 14.4 Å². The van der Waals surface area contributed by atoms with Gasteiger partial charge in [0.25, 0.3) is 11.8 Å². The van der Waals surface area contributed by atoms with Crippen LogP contribution in [0.5, 0.6) is 5.75 Å². The molecule has 34 heavy (non-hydrogen) atoms. The maximum Gasteiger partial charge on any atom is 0.265 e. The van der Waals surface area contributed by atoms with Gasteiger partial charge in [-0.05, 0) is 49.6 Å². The Hall–Kier alpha value is -3.07. The first-order valence-electron chi connectivity index (χ1n) is 11.7. The third-order valence-electron chi connectivity index (χ3n) is 6.25. The molecule has 2 aliphatic rings. The van der Waals surface area contributed by atoms with Crippen LogP contribution in [0.25, 0.3) is 0 Å². The predicted octanol–water partition coefficient (Wildman–Crippen LogP) is 3.57. The minimum Gasteiger partial charge on any atom is -0.478 e. The van der Waals surface area contributed by atoms with E-state index < -0.39 is 22.0 Å². The van der Waals surface area contributed by atoms with E-state index in [1.165, 1.54) is 4.31 Å². The van der Waals surface area contributed by atoms with Crippen LogP contribution in [0.3, 0.4) is 0 Å². The fourth-order valence-corrected chi connectivity index (χ4v) is 5.39. The van der Waals surface area contributed by atoms with E-state index in [4.69, 9.17) is 4.74 Å². The molecule has 0 spiro atoms. The van der Waals surface area contributed by atoms with Crippen molar-refractivity contribution in [1.29, 1.82) is 0 Å². The van der Waals surface area contributed by atoms with Gasteiger partial charge in [0.15, 0.2) is 6.10 Å². The minimum absolute atomic E-state index is 0.0938. The van der Waals surface area contributed by atoms with Crippen LogP contribution in [-0.4, -0.2) is 57.1 Å². The summed E-state index contributed by atoms with van der Waals surface area (Å²) in [5.74, 6) is -0.177. The second-order valence-electron chi connectivity index (χ2n) is 8.94. The summed E-state index contributed by atoms with van der Waals surface area (Å²) in [6, 6.07) is 12.2. The van der Waals surface area contributed by atoms with Gasteiger partial charge in [-0.25, -0.2) is 8.42 Å². The SMILES string of the molecule is Cc1ccc2c(c1)N(S(C)(=O)=O)CC[C@@H](C(=O)Nc1ccccc1C(=O)N1CCCCCC1)O2. The van der Waals surface area contributed by atoms with Crippen molar-refractivity contribution in [2.75, 3.05) is 35.5 Å². The Morgan fingerprint density at radius 3 is 2.41 bits per heavy atom. The molecular formula is C25H31N3O5S. The van der Waals surface area contributed by atoms with E-state index in [0.717, 1.165) is 37.5 Å². The maximum absolute atomic E-state index is 13.2. The van der Waals surface area contributed by atoms with Crippen molar-refractivity contribution in [2.45, 2.75) is 45.1 Å². The first-order valence-corrected chi connectivity index (χ1v) is 13.5. The number of sulfonamides is 1. The first-order chi connectivity index (χ1) is 16.2. The zero-order chi connectivity index (χ0) is 24.3. The summed E-state index contributed by atoms with van der Waals surface area (Å²) in [5, 5.41) is 2.86. The van der Waals surface area contributed by atoms with Crippen LogP contribution in [-0.2, 0) is 14.8 Å². The predicted molar refractivity (Wildman–Crippen MR) is 132 cm³/mol. The molecule has 0 aromatic heterocycles. The summed E-state index contributed by atoms with van der Waals surface area (Å²) >= 11 is 0. The Balaban J connectivity index is 1.56. The molecule has 182 valence electrons. The molecule has 2 aromatic rings. The molecule has 2 amide bonds. The Morgan fingerprint density at radius 1 is 1.00 bits per heavy atom. The number of para-hydroxylation sites is 1. The average molecular weight is 486 g/mol. The summed E-state index contributed by atoms with van der Waals surface area (Å²) in [4.78, 5) is 28.3. The quantitative estimate of drug-likeness (QED) is 0.714. The number of rotatable bonds is 4. The van der Waals surface area contributed by atoms with Crippen LogP contribution in [0, 0.1) is 6.92 Å². The summed E-state index contributed by atoms with van der Waals surface area (Å²) in [6.45, 7) is 3.41. The number of nitrogens with one attached hydrogen (secondary N) is 1. The number of hydrogen-bond donors (Lipinski definition) is 1. The number of nitrogens with zero attached hydrogens (tertiary/aromatic N) is 2. The van der Waals surface area contributed by atoms with Crippen molar-refractivity contribution < 1.29 is 22.7 Å². The van der Waals surface area contributed by atoms with Crippen molar-refractivity contribution in [1.82, 2.24) is 4.90 Å². The van der Waals surface area contributed by atoms with Gasteiger partial charge < -0.3 is 15.0 Å². The van der Waals surface area contributed by atoms with Gasteiger partial charge in [0, 0.05) is 26.1 Å². The zero-order valence-corrected chi connectivity index (χ0v) is 20.4. The van der Waals surface area contributed by atoms with Crippen molar-refractivity contribution in [3.63, 3.8) is 0 Å². The zero-order valence-electron chi connectivity index (χ0n) is 19.6. The standard InChI is InChI=1S/C25H31N3O5S/c1-18-11-12-22-21(17-18)28(34(2,31)32)16-13-23(33-22)24(29)26-20-10-6-5-9-19(20)25(30)27-14-7-3-4-8-15-27/h5-6,9-12,17,23H,3-4,7-8,13-16H2,1-2H3,(H,26,29)/t23-/m0/s1. The number of carbonyl (C=O) groups is 2. The molecule has 0 radical (unpaired) electrons. The first kappa shape index (κ1) is 24.1. The second-order valence-corrected chi connectivity index (χ2v) is 10.8. The van der Waals surface area contributed by atoms with Gasteiger partial charge in [-0.2, -0.15) is 0 Å². The molecule has 1 saturated heterocycles. The highest BCUT2D eigenvalue weighted by molar-refractivity contribution is 7.92. The summed E-state index contributed by atoms with van der Waals surface area (Å²) in [5.41, 5.74) is 2.19. The summed E-state index contributed by atoms with van der Waals surface area (Å²) < 4.78 is 32.1. The van der Waals surface area contributed by atoms with Crippen LogP contribution in [0.2, 0.25) is 0 Å². The van der Waals surface area contributed by atoms with Crippen molar-refractivity contribution in [3.05, 3.63) is 53.6 Å². The summed E-state index contributed by atoms with van der Waals surface area (Å²) in [6.07, 6.45) is 4.60. The molecule has 0 aliphatic carbocycles. The molecule has 8 nitrogen and oxygen atoms in total. The smallest absolute Gasteiger partial charge is 0.265 e. The molecule has 1 fully saturated rings. The largest absolute Gasteiger partial charge is 0.478 e. The summed E-state index contributed by atoms with van der Waals surface area (Å²) in [7, 11) is -3.55. The van der Waals surface area contributed by atoms with E-state index in [1.807, 2.05) is 17.9 Å². The number of benzene rings is 2. The van der Waals surface area contributed by atoms with E-state index in [0.29, 0.717) is 35.8 Å². The second kappa shape index (κ2) is 10.0. The third kappa shape index (κ3) is 5.35.